The van der Waals surface area contributed by atoms with E-state index in [0.29, 0.717) is 29.9 Å². The fourth-order valence-corrected chi connectivity index (χ4v) is 2.13. The number of nitrogens with two attached hydrogens (primary N) is 1. The summed E-state index contributed by atoms with van der Waals surface area (Å²) in [6, 6.07) is 9.33. The molecule has 122 valence electrons. The van der Waals surface area contributed by atoms with E-state index < -0.39 is 5.91 Å². The average molecular weight is 334 g/mol. The first-order valence-corrected chi connectivity index (χ1v) is 7.74. The molecule has 2 aromatic rings. The monoisotopic (exact) mass is 333 g/mol. The van der Waals surface area contributed by atoms with Crippen LogP contribution in [0.15, 0.2) is 36.5 Å². The van der Waals surface area contributed by atoms with Gasteiger partial charge in [0.25, 0.3) is 0 Å². The highest BCUT2D eigenvalue weighted by molar-refractivity contribution is 6.33. The van der Waals surface area contributed by atoms with E-state index in [0.717, 1.165) is 11.3 Å². The second-order valence-electron chi connectivity index (χ2n) is 5.62. The largest absolute Gasteiger partial charge is 0.493 e. The molecule has 0 bridgehead atoms. The second kappa shape index (κ2) is 7.83. The third kappa shape index (κ3) is 5.14. The van der Waals surface area contributed by atoms with Crippen molar-refractivity contribution in [3.63, 3.8) is 0 Å². The van der Waals surface area contributed by atoms with Crippen LogP contribution in [0.1, 0.15) is 29.8 Å². The minimum absolute atomic E-state index is 0.282. The van der Waals surface area contributed by atoms with E-state index in [2.05, 4.69) is 24.1 Å². The van der Waals surface area contributed by atoms with Crippen molar-refractivity contribution in [2.75, 3.05) is 11.9 Å². The lowest BCUT2D eigenvalue weighted by atomic mass is 10.2. The van der Waals surface area contributed by atoms with Crippen molar-refractivity contribution in [2.45, 2.75) is 20.4 Å². The lowest BCUT2D eigenvalue weighted by molar-refractivity contribution is 0.1000. The van der Waals surface area contributed by atoms with E-state index in [1.165, 1.54) is 12.3 Å². The maximum absolute atomic E-state index is 11.1. The van der Waals surface area contributed by atoms with Crippen molar-refractivity contribution in [3.05, 3.63) is 52.7 Å². The topological polar surface area (TPSA) is 77.2 Å². The van der Waals surface area contributed by atoms with Gasteiger partial charge in [0.05, 0.1) is 17.2 Å². The highest BCUT2D eigenvalue weighted by Gasteiger charge is 2.07. The molecule has 0 saturated carbocycles. The Morgan fingerprint density at radius 1 is 1.39 bits per heavy atom. The SMILES string of the molecule is CC(C)COc1cccc(CNc2ncc(C(N)=O)cc2Cl)c1. The molecule has 5 nitrogen and oxygen atoms in total. The molecule has 0 unspecified atom stereocenters. The number of hydrogen-bond acceptors (Lipinski definition) is 4. The molecule has 6 heteroatoms. The molecule has 1 aromatic heterocycles. The van der Waals surface area contributed by atoms with Crippen LogP contribution in [-0.4, -0.2) is 17.5 Å². The first kappa shape index (κ1) is 17.1. The van der Waals surface area contributed by atoms with Crippen LogP contribution in [0.3, 0.4) is 0 Å². The van der Waals surface area contributed by atoms with Gasteiger partial charge < -0.3 is 15.8 Å². The van der Waals surface area contributed by atoms with Crippen molar-refractivity contribution in [3.8, 4) is 5.75 Å². The van der Waals surface area contributed by atoms with Crippen molar-refractivity contribution < 1.29 is 9.53 Å². The Hall–Kier alpha value is -2.27. The van der Waals surface area contributed by atoms with Crippen LogP contribution in [0.5, 0.6) is 5.75 Å². The predicted molar refractivity (Wildman–Crippen MR) is 91.9 cm³/mol. The van der Waals surface area contributed by atoms with Gasteiger partial charge >= 0.3 is 0 Å². The van der Waals surface area contributed by atoms with Gasteiger partial charge in [0.1, 0.15) is 11.6 Å². The smallest absolute Gasteiger partial charge is 0.250 e. The van der Waals surface area contributed by atoms with Gasteiger partial charge in [-0.05, 0) is 29.7 Å². The number of benzene rings is 1. The van der Waals surface area contributed by atoms with Gasteiger partial charge in [-0.25, -0.2) is 4.98 Å². The number of nitrogens with one attached hydrogen (secondary N) is 1. The number of ether oxygens (including phenoxy) is 1. The number of carbonyl (C=O) groups excluding carboxylic acids is 1. The highest BCUT2D eigenvalue weighted by Crippen LogP contribution is 2.21. The Balaban J connectivity index is 2.00. The van der Waals surface area contributed by atoms with Gasteiger partial charge in [0.2, 0.25) is 5.91 Å². The van der Waals surface area contributed by atoms with Crippen molar-refractivity contribution in [1.29, 1.82) is 0 Å². The molecule has 0 radical (unpaired) electrons. The Morgan fingerprint density at radius 2 is 2.17 bits per heavy atom. The van der Waals surface area contributed by atoms with Crippen molar-refractivity contribution in [1.82, 2.24) is 4.98 Å². The number of amides is 1. The molecule has 0 saturated heterocycles. The van der Waals surface area contributed by atoms with Crippen LogP contribution in [0, 0.1) is 5.92 Å². The number of pyridine rings is 1. The van der Waals surface area contributed by atoms with E-state index in [9.17, 15) is 4.79 Å². The molecule has 3 N–H and O–H groups in total. The Morgan fingerprint density at radius 3 is 2.83 bits per heavy atom. The van der Waals surface area contributed by atoms with E-state index >= 15 is 0 Å². The summed E-state index contributed by atoms with van der Waals surface area (Å²) in [5.41, 5.74) is 6.52. The van der Waals surface area contributed by atoms with Gasteiger partial charge in [-0.15, -0.1) is 0 Å². The summed E-state index contributed by atoms with van der Waals surface area (Å²) in [5, 5.41) is 3.49. The number of nitrogens with zero attached hydrogens (tertiary/aromatic N) is 1. The Bertz CT molecular complexity index is 689. The molecule has 0 fully saturated rings. The lowest BCUT2D eigenvalue weighted by Gasteiger charge is -2.11. The zero-order valence-corrected chi connectivity index (χ0v) is 13.9. The van der Waals surface area contributed by atoms with Gasteiger partial charge in [-0.3, -0.25) is 4.79 Å². The molecule has 1 amide bonds. The summed E-state index contributed by atoms with van der Waals surface area (Å²) in [7, 11) is 0. The van der Waals surface area contributed by atoms with E-state index in [-0.39, 0.29) is 5.56 Å². The summed E-state index contributed by atoms with van der Waals surface area (Å²) in [6.45, 7) is 5.43. The van der Waals surface area contributed by atoms with Crippen LogP contribution in [0.2, 0.25) is 5.02 Å². The normalized spacial score (nSPS) is 10.6. The molecule has 23 heavy (non-hydrogen) atoms. The lowest BCUT2D eigenvalue weighted by Crippen LogP contribution is -2.12. The van der Waals surface area contributed by atoms with E-state index in [1.54, 1.807) is 0 Å². The summed E-state index contributed by atoms with van der Waals surface area (Å²) in [6.07, 6.45) is 1.40. The summed E-state index contributed by atoms with van der Waals surface area (Å²) in [4.78, 5) is 15.2. The van der Waals surface area contributed by atoms with Gasteiger partial charge in [0.15, 0.2) is 0 Å². The van der Waals surface area contributed by atoms with Crippen LogP contribution in [0.4, 0.5) is 5.82 Å². The number of aromatic nitrogens is 1. The van der Waals surface area contributed by atoms with Gasteiger partial charge in [-0.1, -0.05) is 37.6 Å². The number of hydrogen-bond donors (Lipinski definition) is 2. The molecule has 1 heterocycles. The fraction of sp³-hybridized carbons (Fsp3) is 0.294. The molecule has 0 atom stereocenters. The molecule has 0 aliphatic rings. The number of halogens is 1. The van der Waals surface area contributed by atoms with Crippen LogP contribution >= 0.6 is 11.6 Å². The number of carbonyl (C=O) groups is 1. The first-order chi connectivity index (χ1) is 11.0. The van der Waals surface area contributed by atoms with Crippen LogP contribution in [-0.2, 0) is 6.54 Å². The van der Waals surface area contributed by atoms with E-state index in [1.807, 2.05) is 24.3 Å². The molecule has 0 aliphatic carbocycles. The number of anilines is 1. The number of rotatable bonds is 7. The summed E-state index contributed by atoms with van der Waals surface area (Å²) in [5.74, 6) is 1.26. The Labute approximate surface area is 140 Å². The summed E-state index contributed by atoms with van der Waals surface area (Å²) < 4.78 is 5.71. The maximum Gasteiger partial charge on any atom is 0.250 e. The van der Waals surface area contributed by atoms with Gasteiger partial charge in [0, 0.05) is 12.7 Å². The quantitative estimate of drug-likeness (QED) is 0.813. The molecule has 0 aliphatic heterocycles. The third-order valence-corrected chi connectivity index (χ3v) is 3.36. The van der Waals surface area contributed by atoms with Gasteiger partial charge in [-0.2, -0.15) is 0 Å². The molecular formula is C17H20ClN3O2. The highest BCUT2D eigenvalue weighted by atomic mass is 35.5. The third-order valence-electron chi connectivity index (χ3n) is 3.07. The predicted octanol–water partition coefficient (Wildman–Crippen LogP) is 3.48. The van der Waals surface area contributed by atoms with E-state index in [4.69, 9.17) is 22.1 Å². The van der Waals surface area contributed by atoms with Crippen LogP contribution < -0.4 is 15.8 Å². The minimum Gasteiger partial charge on any atom is -0.493 e. The van der Waals surface area contributed by atoms with Crippen LogP contribution in [0.25, 0.3) is 0 Å². The second-order valence-corrected chi connectivity index (χ2v) is 6.03. The fourth-order valence-electron chi connectivity index (χ4n) is 1.90. The van der Waals surface area contributed by atoms with Crippen molar-refractivity contribution >= 4 is 23.3 Å². The maximum atomic E-state index is 11.1. The van der Waals surface area contributed by atoms with Crippen molar-refractivity contribution in [2.24, 2.45) is 11.7 Å². The first-order valence-electron chi connectivity index (χ1n) is 7.36. The minimum atomic E-state index is -0.555. The standard InChI is InChI=1S/C17H20ClN3O2/c1-11(2)10-23-14-5-3-4-12(6-14)8-20-17-15(18)7-13(9-21-17)16(19)22/h3-7,9,11H,8,10H2,1-2H3,(H2,19,22)(H,20,21). The number of primary amides is 1. The zero-order valence-electron chi connectivity index (χ0n) is 13.2. The molecular weight excluding hydrogens is 314 g/mol. The average Bonchev–Trinajstić information content (AvgIpc) is 2.52. The molecule has 0 spiro atoms. The molecule has 2 rings (SSSR count). The molecule has 1 aromatic carbocycles. The Kier molecular flexibility index (Phi) is 5.82. The zero-order chi connectivity index (χ0) is 16.8. The summed E-state index contributed by atoms with van der Waals surface area (Å²) >= 11 is 6.10.